The van der Waals surface area contributed by atoms with Crippen LogP contribution in [0.25, 0.3) is 16.5 Å². The molecule has 2 aliphatic rings. The number of alkyl halides is 1. The average molecular weight is 497 g/mol. The van der Waals surface area contributed by atoms with Crippen molar-refractivity contribution in [3.05, 3.63) is 71.6 Å². The highest BCUT2D eigenvalue weighted by atomic mass is 19.2. The van der Waals surface area contributed by atoms with Gasteiger partial charge in [-0.3, -0.25) is 4.79 Å². The van der Waals surface area contributed by atoms with Gasteiger partial charge in [-0.2, -0.15) is 0 Å². The Morgan fingerprint density at radius 3 is 2.81 bits per heavy atom. The minimum Gasteiger partial charge on any atom is -0.496 e. The number of carboxylic acids is 1. The molecular formula is C27H26F2N2O5. The molecule has 1 heterocycles. The van der Waals surface area contributed by atoms with Crippen molar-refractivity contribution >= 4 is 28.3 Å². The van der Waals surface area contributed by atoms with Crippen LogP contribution < -0.4 is 9.64 Å². The predicted octanol–water partition coefficient (Wildman–Crippen LogP) is 5.50. The Balaban J connectivity index is 1.30. The molecule has 9 heteroatoms. The second-order valence-corrected chi connectivity index (χ2v) is 9.17. The van der Waals surface area contributed by atoms with Crippen molar-refractivity contribution in [3.63, 3.8) is 0 Å². The Bertz CT molecular complexity index is 1350. The van der Waals surface area contributed by atoms with Gasteiger partial charge in [-0.05, 0) is 66.3 Å². The van der Waals surface area contributed by atoms with Gasteiger partial charge >= 0.3 is 5.97 Å². The molecule has 36 heavy (non-hydrogen) atoms. The maximum Gasteiger partial charge on any atom is 0.323 e. The standard InChI is InChI=1S/C27H26F2N2O5/c1-34-23-7-5-20(28)13-21(23)19-8-10-27(29,11-9-19)35-16-18-4-6-24-22(12-18)26(30-36-24)31(15-25(32)33)14-17-2-3-17/h4-10,12-13,17H,2-3,11,14-16H2,1H3,(H,32,33). The van der Waals surface area contributed by atoms with Crippen LogP contribution in [0.1, 0.15) is 30.4 Å². The summed E-state index contributed by atoms with van der Waals surface area (Å²) in [4.78, 5) is 13.1. The molecule has 2 aromatic carbocycles. The summed E-state index contributed by atoms with van der Waals surface area (Å²) in [7, 11) is 1.50. The van der Waals surface area contributed by atoms with E-state index in [0.29, 0.717) is 51.7 Å². The largest absolute Gasteiger partial charge is 0.496 e. The highest BCUT2D eigenvalue weighted by molar-refractivity contribution is 5.90. The quantitative estimate of drug-likeness (QED) is 0.397. The van der Waals surface area contributed by atoms with E-state index in [4.69, 9.17) is 14.0 Å². The number of rotatable bonds is 10. The molecule has 1 fully saturated rings. The van der Waals surface area contributed by atoms with E-state index in [2.05, 4.69) is 5.16 Å². The number of nitrogens with zero attached hydrogens (tertiary/aromatic N) is 2. The fourth-order valence-corrected chi connectivity index (χ4v) is 4.31. The van der Waals surface area contributed by atoms with Gasteiger partial charge in [0.05, 0.1) is 19.1 Å². The van der Waals surface area contributed by atoms with Gasteiger partial charge in [-0.1, -0.05) is 23.4 Å². The number of benzene rings is 2. The van der Waals surface area contributed by atoms with E-state index in [0.717, 1.165) is 12.8 Å². The topological polar surface area (TPSA) is 85.0 Å². The molecule has 3 aromatic rings. The third-order valence-corrected chi connectivity index (χ3v) is 6.38. The zero-order chi connectivity index (χ0) is 25.3. The van der Waals surface area contributed by atoms with E-state index < -0.39 is 17.6 Å². The van der Waals surface area contributed by atoms with E-state index in [-0.39, 0.29) is 19.6 Å². The molecule has 0 saturated heterocycles. The minimum atomic E-state index is -2.03. The van der Waals surface area contributed by atoms with Gasteiger partial charge in [0.25, 0.3) is 0 Å². The minimum absolute atomic E-state index is 0.0184. The fourth-order valence-electron chi connectivity index (χ4n) is 4.31. The SMILES string of the molecule is COc1ccc(F)cc1C1=CCC(F)(OCc2ccc3onc(N(CC(=O)O)CC4CC4)c3c2)C=C1. The first-order valence-corrected chi connectivity index (χ1v) is 11.7. The van der Waals surface area contributed by atoms with Gasteiger partial charge in [-0.15, -0.1) is 0 Å². The molecule has 7 nitrogen and oxygen atoms in total. The number of halogens is 2. The van der Waals surface area contributed by atoms with Crippen LogP contribution in [0.2, 0.25) is 0 Å². The molecule has 188 valence electrons. The molecule has 1 saturated carbocycles. The van der Waals surface area contributed by atoms with Gasteiger partial charge in [0.15, 0.2) is 11.4 Å². The number of fused-ring (bicyclic) bond motifs is 1. The Labute approximate surface area is 206 Å². The van der Waals surface area contributed by atoms with Crippen LogP contribution in [0.15, 0.2) is 59.1 Å². The molecule has 0 aliphatic heterocycles. The zero-order valence-electron chi connectivity index (χ0n) is 19.7. The van der Waals surface area contributed by atoms with Gasteiger partial charge in [0.2, 0.25) is 5.85 Å². The highest BCUT2D eigenvalue weighted by Gasteiger charge is 2.30. The number of hydrogen-bond donors (Lipinski definition) is 1. The Hall–Kier alpha value is -3.72. The zero-order valence-corrected chi connectivity index (χ0v) is 19.7. The second kappa shape index (κ2) is 9.73. The molecule has 1 N–H and O–H groups in total. The summed E-state index contributed by atoms with van der Waals surface area (Å²) in [6.07, 6.45) is 6.62. The molecule has 1 aromatic heterocycles. The molecule has 1 atom stereocenters. The maximum absolute atomic E-state index is 15.4. The molecule has 0 spiro atoms. The summed E-state index contributed by atoms with van der Waals surface area (Å²) in [6.45, 7) is 0.398. The van der Waals surface area contributed by atoms with E-state index >= 15 is 4.39 Å². The lowest BCUT2D eigenvalue weighted by Crippen LogP contribution is -2.32. The first-order valence-electron chi connectivity index (χ1n) is 11.7. The van der Waals surface area contributed by atoms with E-state index in [1.54, 1.807) is 35.3 Å². The highest BCUT2D eigenvalue weighted by Crippen LogP contribution is 2.36. The Morgan fingerprint density at radius 1 is 1.28 bits per heavy atom. The van der Waals surface area contributed by atoms with Crippen molar-refractivity contribution < 1.29 is 32.7 Å². The summed E-state index contributed by atoms with van der Waals surface area (Å²) in [5, 5.41) is 14.1. The first kappa shape index (κ1) is 24.0. The number of ether oxygens (including phenoxy) is 2. The second-order valence-electron chi connectivity index (χ2n) is 9.17. The van der Waals surface area contributed by atoms with Crippen molar-refractivity contribution in [2.24, 2.45) is 5.92 Å². The number of anilines is 1. The number of aliphatic carboxylic acids is 1. The van der Waals surface area contributed by atoms with Crippen molar-refractivity contribution in [3.8, 4) is 5.75 Å². The van der Waals surface area contributed by atoms with Crippen molar-refractivity contribution in [1.29, 1.82) is 0 Å². The van der Waals surface area contributed by atoms with Gasteiger partial charge in [-0.25, -0.2) is 8.78 Å². The van der Waals surface area contributed by atoms with Gasteiger partial charge in [0, 0.05) is 18.5 Å². The predicted molar refractivity (Wildman–Crippen MR) is 130 cm³/mol. The lowest BCUT2D eigenvalue weighted by molar-refractivity contribution is -0.135. The first-order chi connectivity index (χ1) is 17.3. The third kappa shape index (κ3) is 5.26. The lowest BCUT2D eigenvalue weighted by atomic mass is 9.96. The molecule has 5 rings (SSSR count). The van der Waals surface area contributed by atoms with Crippen LogP contribution in [0, 0.1) is 11.7 Å². The smallest absolute Gasteiger partial charge is 0.323 e. The molecule has 2 aliphatic carbocycles. The Kier molecular flexibility index (Phi) is 6.49. The Morgan fingerprint density at radius 2 is 2.11 bits per heavy atom. The van der Waals surface area contributed by atoms with Crippen LogP contribution in [0.5, 0.6) is 5.75 Å². The number of allylic oxidation sites excluding steroid dienone is 2. The molecule has 0 amide bonds. The summed E-state index contributed by atoms with van der Waals surface area (Å²) in [5.74, 6) is -1.97. The van der Waals surface area contributed by atoms with Crippen LogP contribution in [0.3, 0.4) is 0 Å². The number of carboxylic acid groups (broad SMARTS) is 1. The molecular weight excluding hydrogens is 470 g/mol. The normalized spacial score (nSPS) is 19.4. The summed E-state index contributed by atoms with van der Waals surface area (Å²) in [5.41, 5.74) is 2.40. The maximum atomic E-state index is 15.4. The van der Waals surface area contributed by atoms with Gasteiger partial charge < -0.3 is 24.0 Å². The van der Waals surface area contributed by atoms with E-state index in [1.165, 1.54) is 31.4 Å². The molecule has 0 radical (unpaired) electrons. The summed E-state index contributed by atoms with van der Waals surface area (Å²) < 4.78 is 45.5. The number of aromatic nitrogens is 1. The van der Waals surface area contributed by atoms with Crippen LogP contribution in [-0.2, 0) is 16.1 Å². The van der Waals surface area contributed by atoms with Crippen LogP contribution >= 0.6 is 0 Å². The summed E-state index contributed by atoms with van der Waals surface area (Å²) >= 11 is 0. The van der Waals surface area contributed by atoms with E-state index in [9.17, 15) is 14.3 Å². The van der Waals surface area contributed by atoms with E-state index in [1.807, 2.05) is 0 Å². The monoisotopic (exact) mass is 496 g/mol. The lowest BCUT2D eigenvalue weighted by Gasteiger charge is -2.25. The van der Waals surface area contributed by atoms with Gasteiger partial charge in [0.1, 0.15) is 18.1 Å². The molecule has 0 bridgehead atoms. The third-order valence-electron chi connectivity index (χ3n) is 6.38. The van der Waals surface area contributed by atoms with Crippen molar-refractivity contribution in [2.75, 3.05) is 25.1 Å². The fraction of sp³-hybridized carbons (Fsp3) is 0.333. The average Bonchev–Trinajstić information content (AvgIpc) is 3.58. The van der Waals surface area contributed by atoms with Crippen molar-refractivity contribution in [1.82, 2.24) is 5.16 Å². The van der Waals surface area contributed by atoms with Crippen molar-refractivity contribution in [2.45, 2.75) is 31.7 Å². The van der Waals surface area contributed by atoms with Crippen LogP contribution in [-0.4, -0.2) is 42.3 Å². The number of carbonyl (C=O) groups is 1. The number of hydrogen-bond acceptors (Lipinski definition) is 6. The molecule has 1 unspecified atom stereocenters. The number of methoxy groups -OCH3 is 1. The summed E-state index contributed by atoms with van der Waals surface area (Å²) in [6, 6.07) is 9.46. The van der Waals surface area contributed by atoms with Crippen LogP contribution in [0.4, 0.5) is 14.6 Å².